The van der Waals surface area contributed by atoms with Crippen LogP contribution in [0.5, 0.6) is 0 Å². The highest BCUT2D eigenvalue weighted by atomic mass is 35.5. The van der Waals surface area contributed by atoms with Crippen LogP contribution in [0, 0.1) is 0 Å². The molecule has 2 heterocycles. The molecule has 23 heavy (non-hydrogen) atoms. The Morgan fingerprint density at radius 1 is 1.26 bits per heavy atom. The third-order valence-corrected chi connectivity index (χ3v) is 4.83. The van der Waals surface area contributed by atoms with E-state index in [1.54, 1.807) is 0 Å². The first kappa shape index (κ1) is 14.5. The Kier molecular flexibility index (Phi) is 3.27. The summed E-state index contributed by atoms with van der Waals surface area (Å²) in [6, 6.07) is 5.67. The number of benzene rings is 1. The Balaban J connectivity index is 1.87. The quantitative estimate of drug-likeness (QED) is 0.641. The minimum absolute atomic E-state index is 0.0439. The van der Waals surface area contributed by atoms with Gasteiger partial charge in [0.05, 0.1) is 11.2 Å². The van der Waals surface area contributed by atoms with E-state index >= 15 is 0 Å². The number of hydrogen-bond donors (Lipinski definition) is 0. The third kappa shape index (κ3) is 2.36. The fourth-order valence-electron chi connectivity index (χ4n) is 3.02. The summed E-state index contributed by atoms with van der Waals surface area (Å²) in [5.41, 5.74) is 3.54. The highest BCUT2D eigenvalue weighted by molar-refractivity contribution is 6.18. The number of fused-ring (bicyclic) bond motifs is 1. The summed E-state index contributed by atoms with van der Waals surface area (Å²) in [6.45, 7) is 0.0439. The molecule has 0 radical (unpaired) electrons. The number of halogens is 1. The molecule has 1 aliphatic carbocycles. The van der Waals surface area contributed by atoms with Gasteiger partial charge in [-0.05, 0) is 48.1 Å². The molecule has 0 unspecified atom stereocenters. The van der Waals surface area contributed by atoms with Gasteiger partial charge in [-0.2, -0.15) is 0 Å². The van der Waals surface area contributed by atoms with Crippen molar-refractivity contribution >= 4 is 40.1 Å². The Morgan fingerprint density at radius 3 is 2.65 bits per heavy atom. The Bertz CT molecular complexity index is 832. The van der Waals surface area contributed by atoms with Crippen molar-refractivity contribution in [2.24, 2.45) is 0 Å². The lowest BCUT2D eigenvalue weighted by molar-refractivity contribution is -0.123. The lowest BCUT2D eigenvalue weighted by Gasteiger charge is -2.18. The maximum absolute atomic E-state index is 12.3. The fraction of sp³-hybridized carbons (Fsp3) is 0.353. The lowest BCUT2D eigenvalue weighted by atomic mass is 10.1. The average Bonchev–Trinajstić information content (AvgIpc) is 3.38. The Morgan fingerprint density at radius 2 is 2.04 bits per heavy atom. The lowest BCUT2D eigenvalue weighted by Crippen LogP contribution is -2.30. The molecule has 1 saturated heterocycles. The van der Waals surface area contributed by atoms with E-state index in [1.165, 1.54) is 30.4 Å². The molecule has 0 spiro atoms. The Labute approximate surface area is 138 Å². The van der Waals surface area contributed by atoms with Crippen LogP contribution >= 0.6 is 11.6 Å². The maximum atomic E-state index is 12.3. The minimum atomic E-state index is -0.323. The van der Waals surface area contributed by atoms with Crippen LogP contribution in [0.3, 0.4) is 0 Å². The molecule has 2 aliphatic rings. The zero-order chi connectivity index (χ0) is 16.1. The van der Waals surface area contributed by atoms with Crippen LogP contribution in [0.1, 0.15) is 29.9 Å². The van der Waals surface area contributed by atoms with Gasteiger partial charge in [0.15, 0.2) is 0 Å². The first-order valence-electron chi connectivity index (χ1n) is 7.65. The van der Waals surface area contributed by atoms with Gasteiger partial charge in [0, 0.05) is 24.5 Å². The normalized spacial score (nSPS) is 18.3. The van der Waals surface area contributed by atoms with Crippen LogP contribution in [0.4, 0.5) is 10.5 Å². The van der Waals surface area contributed by atoms with Gasteiger partial charge in [-0.3, -0.25) is 19.6 Å². The summed E-state index contributed by atoms with van der Waals surface area (Å²) in [4.78, 5) is 31.3. The van der Waals surface area contributed by atoms with Crippen molar-refractivity contribution in [1.82, 2.24) is 9.88 Å². The molecule has 1 aromatic carbocycles. The molecule has 3 amide bonds. The van der Waals surface area contributed by atoms with Crippen LogP contribution in [-0.2, 0) is 10.7 Å². The highest BCUT2D eigenvalue weighted by Crippen LogP contribution is 2.41. The van der Waals surface area contributed by atoms with Crippen molar-refractivity contribution in [3.05, 3.63) is 35.5 Å². The number of aromatic nitrogens is 1. The molecule has 2 aromatic rings. The van der Waals surface area contributed by atoms with Gasteiger partial charge in [-0.25, -0.2) is 4.79 Å². The van der Waals surface area contributed by atoms with Crippen LogP contribution in [0.25, 0.3) is 10.9 Å². The zero-order valence-corrected chi connectivity index (χ0v) is 13.5. The molecular formula is C17H16ClN3O2. The molecule has 1 aromatic heterocycles. The van der Waals surface area contributed by atoms with E-state index in [9.17, 15) is 9.59 Å². The van der Waals surface area contributed by atoms with Gasteiger partial charge in [0.25, 0.3) is 0 Å². The predicted molar refractivity (Wildman–Crippen MR) is 88.8 cm³/mol. The van der Waals surface area contributed by atoms with Gasteiger partial charge in [-0.1, -0.05) is 0 Å². The summed E-state index contributed by atoms with van der Waals surface area (Å²) >= 11 is 6.01. The summed E-state index contributed by atoms with van der Waals surface area (Å²) in [5, 5.41) is 0.970. The van der Waals surface area contributed by atoms with Gasteiger partial charge in [0.2, 0.25) is 5.91 Å². The molecule has 5 nitrogen and oxygen atoms in total. The van der Waals surface area contributed by atoms with Gasteiger partial charge in [0.1, 0.15) is 6.54 Å². The van der Waals surface area contributed by atoms with Crippen molar-refractivity contribution in [1.29, 1.82) is 0 Å². The second-order valence-electron chi connectivity index (χ2n) is 6.18. The predicted octanol–water partition coefficient (Wildman–Crippen LogP) is 3.25. The SMILES string of the molecule is CN1C(=O)CN(c2cc(CCl)cc3cc(C4CC4)cnc23)C1=O. The van der Waals surface area contributed by atoms with E-state index < -0.39 is 0 Å². The monoisotopic (exact) mass is 329 g/mol. The van der Waals surface area contributed by atoms with Gasteiger partial charge in [-0.15, -0.1) is 11.6 Å². The summed E-state index contributed by atoms with van der Waals surface area (Å²) < 4.78 is 0. The first-order chi connectivity index (χ1) is 11.1. The van der Waals surface area contributed by atoms with E-state index in [2.05, 4.69) is 11.1 Å². The van der Waals surface area contributed by atoms with Gasteiger partial charge >= 0.3 is 6.03 Å². The summed E-state index contributed by atoms with van der Waals surface area (Å²) in [5.74, 6) is 0.743. The first-order valence-corrected chi connectivity index (χ1v) is 8.18. The number of carbonyl (C=O) groups excluding carboxylic acids is 2. The van der Waals surface area contributed by atoms with E-state index in [1.807, 2.05) is 18.3 Å². The van der Waals surface area contributed by atoms with Crippen LogP contribution in [0.2, 0.25) is 0 Å². The minimum Gasteiger partial charge on any atom is -0.282 e. The van der Waals surface area contributed by atoms with Gasteiger partial charge < -0.3 is 0 Å². The summed E-state index contributed by atoms with van der Waals surface area (Å²) in [6.07, 6.45) is 4.30. The number of nitrogens with zero attached hydrogens (tertiary/aromatic N) is 3. The third-order valence-electron chi connectivity index (χ3n) is 4.52. The molecule has 1 aliphatic heterocycles. The fourth-order valence-corrected chi connectivity index (χ4v) is 3.17. The molecule has 6 heteroatoms. The summed E-state index contributed by atoms with van der Waals surface area (Å²) in [7, 11) is 1.50. The topological polar surface area (TPSA) is 53.5 Å². The number of rotatable bonds is 3. The van der Waals surface area contributed by atoms with Crippen molar-refractivity contribution in [3.8, 4) is 0 Å². The van der Waals surface area contributed by atoms with Crippen LogP contribution in [0.15, 0.2) is 24.4 Å². The largest absolute Gasteiger partial charge is 0.331 e. The number of amides is 3. The number of pyridine rings is 1. The molecule has 1 saturated carbocycles. The van der Waals surface area contributed by atoms with Crippen LogP contribution < -0.4 is 4.90 Å². The molecule has 0 atom stereocenters. The smallest absolute Gasteiger partial charge is 0.282 e. The maximum Gasteiger partial charge on any atom is 0.331 e. The standard InChI is InChI=1S/C17H16ClN3O2/c1-20-15(22)9-21(17(20)23)14-5-10(7-18)4-12-6-13(11-2-3-11)8-19-16(12)14/h4-6,8,11H,2-3,7,9H2,1H3. The second kappa shape index (κ2) is 5.20. The molecule has 118 valence electrons. The molecule has 4 rings (SSSR count). The molecular weight excluding hydrogens is 314 g/mol. The second-order valence-corrected chi connectivity index (χ2v) is 6.45. The number of anilines is 1. The number of imide groups is 1. The van der Waals surface area contributed by atoms with Crippen LogP contribution in [-0.4, -0.2) is 35.4 Å². The van der Waals surface area contributed by atoms with Crippen molar-refractivity contribution in [3.63, 3.8) is 0 Å². The molecule has 0 N–H and O–H groups in total. The number of urea groups is 1. The van der Waals surface area contributed by atoms with Crippen molar-refractivity contribution < 1.29 is 9.59 Å². The van der Waals surface area contributed by atoms with E-state index in [4.69, 9.17) is 11.6 Å². The highest BCUT2D eigenvalue weighted by Gasteiger charge is 2.35. The van der Waals surface area contributed by atoms with Crippen molar-refractivity contribution in [2.75, 3.05) is 18.5 Å². The molecule has 2 fully saturated rings. The van der Waals surface area contributed by atoms with E-state index in [0.717, 1.165) is 21.4 Å². The average molecular weight is 330 g/mol. The number of likely N-dealkylation sites (N-methyl/N-ethyl adjacent to an activating group) is 1. The number of alkyl halides is 1. The number of hydrogen-bond acceptors (Lipinski definition) is 3. The van der Waals surface area contributed by atoms with E-state index in [-0.39, 0.29) is 18.5 Å². The van der Waals surface area contributed by atoms with Crippen molar-refractivity contribution in [2.45, 2.75) is 24.6 Å². The van der Waals surface area contributed by atoms with E-state index in [0.29, 0.717) is 17.5 Å². The molecule has 0 bridgehead atoms. The Hall–Kier alpha value is -2.14. The zero-order valence-electron chi connectivity index (χ0n) is 12.8. The number of carbonyl (C=O) groups is 2.